The molecule has 0 aliphatic heterocycles. The van der Waals surface area contributed by atoms with Crippen LogP contribution in [0.2, 0.25) is 0 Å². The number of nitrogens with zero attached hydrogens (tertiary/aromatic N) is 2. The molecule has 0 saturated carbocycles. The lowest BCUT2D eigenvalue weighted by Crippen LogP contribution is -2.33. The molecule has 3 rings (SSSR count). The summed E-state index contributed by atoms with van der Waals surface area (Å²) in [4.78, 5) is 2.30. The average molecular weight is 547 g/mol. The summed E-state index contributed by atoms with van der Waals surface area (Å²) < 4.78 is 73.7. The van der Waals surface area contributed by atoms with Gasteiger partial charge in [0.1, 0.15) is 17.0 Å². The Kier molecular flexibility index (Phi) is 10.1. The molecule has 36 heavy (non-hydrogen) atoms. The van der Waals surface area contributed by atoms with E-state index in [4.69, 9.17) is 22.4 Å². The second-order valence-electron chi connectivity index (χ2n) is 7.33. The van der Waals surface area contributed by atoms with Gasteiger partial charge < -0.3 is 18.9 Å². The monoisotopic (exact) mass is 546 g/mol. The van der Waals surface area contributed by atoms with Crippen molar-refractivity contribution in [3.05, 3.63) is 47.0 Å². The van der Waals surface area contributed by atoms with Crippen LogP contribution < -0.4 is 18.9 Å². The first-order valence-electron chi connectivity index (χ1n) is 11.0. The molecule has 0 N–H and O–H groups in total. The Bertz CT molecular complexity index is 1300. The lowest BCUT2D eigenvalue weighted by atomic mass is 10.1. The van der Waals surface area contributed by atoms with Gasteiger partial charge in [0, 0.05) is 19.2 Å². The fourth-order valence-electron chi connectivity index (χ4n) is 3.52. The van der Waals surface area contributed by atoms with Crippen LogP contribution in [0.4, 0.5) is 18.9 Å². The third-order valence-electron chi connectivity index (χ3n) is 5.26. The number of benzene rings is 2. The first-order valence-corrected chi connectivity index (χ1v) is 13.3. The van der Waals surface area contributed by atoms with Crippen LogP contribution in [-0.4, -0.2) is 45.8 Å². The number of methoxy groups -OCH3 is 2. The van der Waals surface area contributed by atoms with Crippen molar-refractivity contribution in [2.24, 2.45) is 0 Å². The molecule has 0 spiro atoms. The van der Waals surface area contributed by atoms with Crippen LogP contribution in [0, 0.1) is 0 Å². The van der Waals surface area contributed by atoms with Gasteiger partial charge in [0.15, 0.2) is 15.9 Å². The number of anilines is 1. The molecule has 12 heteroatoms. The fourth-order valence-corrected chi connectivity index (χ4v) is 4.67. The third-order valence-corrected chi connectivity index (χ3v) is 6.94. The first-order chi connectivity index (χ1) is 16.9. The number of halogens is 3. The van der Waals surface area contributed by atoms with Gasteiger partial charge in [-0.05, 0) is 56.7 Å². The Morgan fingerprint density at radius 1 is 1.03 bits per heavy atom. The normalized spacial score (nSPS) is 11.9. The summed E-state index contributed by atoms with van der Waals surface area (Å²) >= 11 is 1.78. The highest BCUT2D eigenvalue weighted by Gasteiger charge is 2.36. The number of ether oxygens (including phenoxy) is 2. The molecule has 2 aromatic carbocycles. The van der Waals surface area contributed by atoms with Gasteiger partial charge >= 0.3 is 5.51 Å². The molecule has 0 aliphatic carbocycles. The fraction of sp³-hybridized carbons (Fsp3) is 0.375. The van der Waals surface area contributed by atoms with E-state index in [0.717, 1.165) is 47.9 Å². The predicted molar refractivity (Wildman–Crippen MR) is 135 cm³/mol. The molecule has 0 aliphatic rings. The van der Waals surface area contributed by atoms with Crippen molar-refractivity contribution < 1.29 is 40.2 Å². The standard InChI is InChI=1S/C23H29N2O2S.CHF3O3S/c1-6-24(7-2)18-14-12-17(16-20(18)27-5)13-15-22-25(8-3)23-19(26-4)10-9-11-21(23)28-22;2-1(3,4)8(5,6)7/h9-16H,6-8H2,1-5H3;(H,5,6,7)/q+1;/p-1. The number of fused-ring (bicyclic) bond motifs is 1. The van der Waals surface area contributed by atoms with Gasteiger partial charge in [-0.25, -0.2) is 8.42 Å². The van der Waals surface area contributed by atoms with Gasteiger partial charge in [0.05, 0.1) is 19.9 Å². The Morgan fingerprint density at radius 3 is 2.14 bits per heavy atom. The smallest absolute Gasteiger partial charge is 0.485 e. The van der Waals surface area contributed by atoms with E-state index < -0.39 is 15.6 Å². The number of alkyl halides is 3. The van der Waals surface area contributed by atoms with E-state index in [-0.39, 0.29) is 0 Å². The molecule has 1 aromatic heterocycles. The summed E-state index contributed by atoms with van der Waals surface area (Å²) in [5.74, 6) is 1.83. The SMILES string of the molecule is CCN(CC)c1ccc(/C=C/c2sc3cccc(OC)c3[n+]2CC)cc1OC.O=S(=O)([O-])C(F)(F)F. The van der Waals surface area contributed by atoms with E-state index in [1.54, 1.807) is 25.6 Å². The van der Waals surface area contributed by atoms with Gasteiger partial charge in [-0.3, -0.25) is 0 Å². The highest BCUT2D eigenvalue weighted by atomic mass is 32.2. The van der Waals surface area contributed by atoms with E-state index in [9.17, 15) is 13.2 Å². The van der Waals surface area contributed by atoms with Crippen molar-refractivity contribution in [1.82, 2.24) is 0 Å². The van der Waals surface area contributed by atoms with E-state index >= 15 is 0 Å². The van der Waals surface area contributed by atoms with E-state index in [1.807, 2.05) is 12.1 Å². The molecule has 198 valence electrons. The Balaban J connectivity index is 0.000000493. The van der Waals surface area contributed by atoms with Gasteiger partial charge in [0.25, 0.3) is 10.5 Å². The lowest BCUT2D eigenvalue weighted by Gasteiger charge is -2.23. The molecule has 0 unspecified atom stereocenters. The molecular formula is C24H29F3N2O5S2. The maximum Gasteiger partial charge on any atom is 0.485 e. The van der Waals surface area contributed by atoms with Gasteiger partial charge in [-0.15, -0.1) is 0 Å². The van der Waals surface area contributed by atoms with Crippen LogP contribution in [-0.2, 0) is 16.7 Å². The highest BCUT2D eigenvalue weighted by Crippen LogP contribution is 2.31. The maximum atomic E-state index is 10.7. The van der Waals surface area contributed by atoms with Crippen LogP contribution in [0.1, 0.15) is 31.3 Å². The average Bonchev–Trinajstić information content (AvgIpc) is 3.20. The third kappa shape index (κ3) is 6.89. The van der Waals surface area contributed by atoms with Crippen molar-refractivity contribution in [3.8, 4) is 11.5 Å². The molecular weight excluding hydrogens is 517 g/mol. The van der Waals surface area contributed by atoms with Gasteiger partial charge in [-0.2, -0.15) is 17.7 Å². The summed E-state index contributed by atoms with van der Waals surface area (Å²) in [5.41, 5.74) is -2.22. The molecule has 1 heterocycles. The maximum absolute atomic E-state index is 10.7. The highest BCUT2D eigenvalue weighted by molar-refractivity contribution is 7.86. The number of aryl methyl sites for hydroxylation is 1. The summed E-state index contributed by atoms with van der Waals surface area (Å²) in [6.07, 6.45) is 4.33. The predicted octanol–water partition coefficient (Wildman–Crippen LogP) is 5.29. The minimum Gasteiger partial charge on any atom is -0.741 e. The largest absolute Gasteiger partial charge is 0.741 e. The Morgan fingerprint density at radius 2 is 1.64 bits per heavy atom. The second-order valence-corrected chi connectivity index (χ2v) is 9.76. The zero-order valence-electron chi connectivity index (χ0n) is 20.6. The lowest BCUT2D eigenvalue weighted by molar-refractivity contribution is -0.665. The zero-order chi connectivity index (χ0) is 27.1. The Labute approximate surface area is 213 Å². The van der Waals surface area contributed by atoms with Gasteiger partial charge in [0.2, 0.25) is 0 Å². The van der Waals surface area contributed by atoms with Crippen LogP contribution >= 0.6 is 11.3 Å². The molecule has 0 amide bonds. The number of hydrogen-bond acceptors (Lipinski definition) is 7. The summed E-state index contributed by atoms with van der Waals surface area (Å²) in [6.45, 7) is 9.30. The van der Waals surface area contributed by atoms with Gasteiger partial charge in [-0.1, -0.05) is 23.5 Å². The number of rotatable bonds is 8. The Hall–Kier alpha value is -2.83. The second kappa shape index (κ2) is 12.4. The molecule has 0 fully saturated rings. The van der Waals surface area contributed by atoms with Crippen molar-refractivity contribution in [1.29, 1.82) is 0 Å². The van der Waals surface area contributed by atoms with Crippen molar-refractivity contribution in [2.45, 2.75) is 32.8 Å². The number of aromatic nitrogens is 1. The zero-order valence-corrected chi connectivity index (χ0v) is 22.3. The molecule has 0 radical (unpaired) electrons. The van der Waals surface area contributed by atoms with Crippen molar-refractivity contribution in [2.75, 3.05) is 32.2 Å². The first kappa shape index (κ1) is 29.4. The van der Waals surface area contributed by atoms with Crippen molar-refractivity contribution >= 4 is 49.5 Å². The molecule has 3 aromatic rings. The summed E-state index contributed by atoms with van der Waals surface area (Å²) in [6, 6.07) is 12.6. The minimum atomic E-state index is -6.09. The molecule has 7 nitrogen and oxygen atoms in total. The number of thiazole rings is 1. The van der Waals surface area contributed by atoms with Crippen LogP contribution in [0.3, 0.4) is 0 Å². The summed E-state index contributed by atoms with van der Waals surface area (Å²) in [7, 11) is -2.63. The van der Waals surface area contributed by atoms with Crippen LogP contribution in [0.25, 0.3) is 22.4 Å². The minimum absolute atomic E-state index is 0.893. The molecule has 0 bridgehead atoms. The molecule has 0 atom stereocenters. The summed E-state index contributed by atoms with van der Waals surface area (Å²) in [5, 5.41) is 1.20. The molecule has 0 saturated heterocycles. The van der Waals surface area contributed by atoms with Crippen molar-refractivity contribution in [3.63, 3.8) is 0 Å². The van der Waals surface area contributed by atoms with E-state index in [0.29, 0.717) is 0 Å². The van der Waals surface area contributed by atoms with Crippen LogP contribution in [0.15, 0.2) is 36.4 Å². The topological polar surface area (TPSA) is 82.8 Å². The number of hydrogen-bond donors (Lipinski definition) is 0. The quantitative estimate of drug-likeness (QED) is 0.217. The van der Waals surface area contributed by atoms with E-state index in [2.05, 4.69) is 66.7 Å². The van der Waals surface area contributed by atoms with E-state index in [1.165, 1.54) is 9.71 Å². The number of para-hydroxylation sites is 1. The van der Waals surface area contributed by atoms with Crippen LogP contribution in [0.5, 0.6) is 11.5 Å².